The lowest BCUT2D eigenvalue weighted by Crippen LogP contribution is -2.32. The first-order valence-corrected chi connectivity index (χ1v) is 7.08. The van der Waals surface area contributed by atoms with Crippen LogP contribution in [0.1, 0.15) is 11.1 Å². The Morgan fingerprint density at radius 1 is 1.00 bits per heavy atom. The van der Waals surface area contributed by atoms with Crippen LogP contribution in [0.3, 0.4) is 0 Å². The fourth-order valence-electron chi connectivity index (χ4n) is 1.82. The molecule has 0 spiro atoms. The van der Waals surface area contributed by atoms with Crippen molar-refractivity contribution in [2.75, 3.05) is 5.32 Å². The van der Waals surface area contributed by atoms with Crippen LogP contribution in [-0.2, 0) is 9.59 Å². The quantitative estimate of drug-likeness (QED) is 0.518. The molecule has 0 radical (unpaired) electrons. The summed E-state index contributed by atoms with van der Waals surface area (Å²) in [4.78, 5) is 23.3. The van der Waals surface area contributed by atoms with Gasteiger partial charge in [-0.2, -0.15) is 5.10 Å². The van der Waals surface area contributed by atoms with E-state index in [-0.39, 0.29) is 0 Å². The van der Waals surface area contributed by atoms with Gasteiger partial charge in [0.05, 0.1) is 0 Å². The number of aryl methyl sites for hydroxylation is 1. The number of amides is 2. The molecular weight excluding hydrogens is 290 g/mol. The lowest BCUT2D eigenvalue weighted by molar-refractivity contribution is -0.136. The summed E-state index contributed by atoms with van der Waals surface area (Å²) in [6.45, 7) is 1.90. The van der Waals surface area contributed by atoms with E-state index in [1.807, 2.05) is 49.4 Å². The van der Waals surface area contributed by atoms with E-state index in [0.717, 1.165) is 11.1 Å². The largest absolute Gasteiger partial charge is 0.329 e. The van der Waals surface area contributed by atoms with Crippen LogP contribution in [0.2, 0.25) is 0 Å². The minimum absolute atomic E-state index is 0.568. The van der Waals surface area contributed by atoms with Crippen LogP contribution in [0.15, 0.2) is 65.8 Å². The first-order valence-electron chi connectivity index (χ1n) is 7.08. The molecule has 0 saturated carbocycles. The monoisotopic (exact) mass is 307 g/mol. The molecule has 0 unspecified atom stereocenters. The molecule has 2 amide bonds. The Balaban J connectivity index is 1.81. The third-order valence-electron chi connectivity index (χ3n) is 2.90. The topological polar surface area (TPSA) is 70.6 Å². The number of rotatable bonds is 4. The highest BCUT2D eigenvalue weighted by Gasteiger charge is 2.12. The SMILES string of the molecule is Cc1cccc(NC(=O)C(=O)N/N=C\C=C\c2ccccc2)c1. The zero-order valence-corrected chi connectivity index (χ0v) is 12.7. The normalized spacial score (nSPS) is 10.8. The van der Waals surface area contributed by atoms with Gasteiger partial charge < -0.3 is 5.32 Å². The van der Waals surface area contributed by atoms with Gasteiger partial charge in [0.2, 0.25) is 0 Å². The maximum absolute atomic E-state index is 11.7. The molecule has 0 aliphatic rings. The molecule has 2 N–H and O–H groups in total. The molecule has 0 fully saturated rings. The molecule has 5 heteroatoms. The lowest BCUT2D eigenvalue weighted by atomic mass is 10.2. The average Bonchev–Trinajstić information content (AvgIpc) is 2.55. The second kappa shape index (κ2) is 8.29. The van der Waals surface area contributed by atoms with Crippen LogP contribution in [0.25, 0.3) is 6.08 Å². The molecule has 2 rings (SSSR count). The van der Waals surface area contributed by atoms with Gasteiger partial charge in [-0.05, 0) is 36.3 Å². The molecule has 2 aromatic carbocycles. The number of nitrogens with zero attached hydrogens (tertiary/aromatic N) is 1. The molecule has 0 aliphatic carbocycles. The summed E-state index contributed by atoms with van der Waals surface area (Å²) in [7, 11) is 0. The number of carbonyl (C=O) groups is 2. The third kappa shape index (κ3) is 5.59. The fourth-order valence-corrected chi connectivity index (χ4v) is 1.82. The van der Waals surface area contributed by atoms with Crippen LogP contribution >= 0.6 is 0 Å². The second-order valence-corrected chi connectivity index (χ2v) is 4.81. The van der Waals surface area contributed by atoms with Gasteiger partial charge in [0, 0.05) is 11.9 Å². The molecule has 116 valence electrons. The minimum Gasteiger partial charge on any atom is -0.318 e. The average molecular weight is 307 g/mol. The zero-order valence-electron chi connectivity index (χ0n) is 12.7. The van der Waals surface area contributed by atoms with Gasteiger partial charge in [-0.1, -0.05) is 48.5 Å². The Labute approximate surface area is 134 Å². The van der Waals surface area contributed by atoms with Crippen molar-refractivity contribution in [3.63, 3.8) is 0 Å². The summed E-state index contributed by atoms with van der Waals surface area (Å²) < 4.78 is 0. The van der Waals surface area contributed by atoms with Crippen LogP contribution in [0.5, 0.6) is 0 Å². The van der Waals surface area contributed by atoms with Gasteiger partial charge in [-0.15, -0.1) is 0 Å². The molecule has 0 bridgehead atoms. The smallest absolute Gasteiger partial charge is 0.318 e. The second-order valence-electron chi connectivity index (χ2n) is 4.81. The van der Waals surface area contributed by atoms with Crippen molar-refractivity contribution in [3.05, 3.63) is 71.8 Å². The Bertz CT molecular complexity index is 737. The van der Waals surface area contributed by atoms with E-state index in [0.29, 0.717) is 5.69 Å². The first kappa shape index (κ1) is 16.2. The number of anilines is 1. The Kier molecular flexibility index (Phi) is 5.82. The molecule has 2 aromatic rings. The van der Waals surface area contributed by atoms with E-state index in [4.69, 9.17) is 0 Å². The standard InChI is InChI=1S/C18H17N3O2/c1-14-7-5-11-16(13-14)20-17(22)18(23)21-19-12-6-10-15-8-3-2-4-9-15/h2-13H,1H3,(H,20,22)(H,21,23)/b10-6+,19-12-. The lowest BCUT2D eigenvalue weighted by Gasteiger charge is -2.04. The van der Waals surface area contributed by atoms with E-state index in [1.54, 1.807) is 24.3 Å². The number of carbonyl (C=O) groups excluding carboxylic acids is 2. The summed E-state index contributed by atoms with van der Waals surface area (Å²) >= 11 is 0. The van der Waals surface area contributed by atoms with Crippen LogP contribution in [0.4, 0.5) is 5.69 Å². The maximum atomic E-state index is 11.7. The molecule has 23 heavy (non-hydrogen) atoms. The molecule has 0 saturated heterocycles. The summed E-state index contributed by atoms with van der Waals surface area (Å²) in [6.07, 6.45) is 4.92. The van der Waals surface area contributed by atoms with E-state index in [1.165, 1.54) is 6.21 Å². The van der Waals surface area contributed by atoms with Crippen molar-refractivity contribution in [3.8, 4) is 0 Å². The summed E-state index contributed by atoms with van der Waals surface area (Å²) in [6, 6.07) is 16.9. The summed E-state index contributed by atoms with van der Waals surface area (Å²) in [5.41, 5.74) is 4.75. The number of nitrogens with one attached hydrogen (secondary N) is 2. The molecule has 0 aromatic heterocycles. The van der Waals surface area contributed by atoms with Crippen LogP contribution in [0, 0.1) is 6.92 Å². The predicted molar refractivity (Wildman–Crippen MR) is 91.9 cm³/mol. The number of allylic oxidation sites excluding steroid dienone is 1. The van der Waals surface area contributed by atoms with Crippen LogP contribution in [-0.4, -0.2) is 18.0 Å². The zero-order chi connectivity index (χ0) is 16.5. The predicted octanol–water partition coefficient (Wildman–Crippen LogP) is 2.75. The Hall–Kier alpha value is -3.21. The van der Waals surface area contributed by atoms with Gasteiger partial charge in [0.15, 0.2) is 0 Å². The summed E-state index contributed by atoms with van der Waals surface area (Å²) in [5, 5.41) is 6.20. The van der Waals surface area contributed by atoms with Crippen molar-refractivity contribution in [2.24, 2.45) is 5.10 Å². The van der Waals surface area contributed by atoms with Crippen molar-refractivity contribution in [2.45, 2.75) is 6.92 Å². The highest BCUT2D eigenvalue weighted by atomic mass is 16.2. The number of benzene rings is 2. The van der Waals surface area contributed by atoms with E-state index < -0.39 is 11.8 Å². The van der Waals surface area contributed by atoms with E-state index >= 15 is 0 Å². The van der Waals surface area contributed by atoms with Crippen molar-refractivity contribution in [1.29, 1.82) is 0 Å². The molecule has 0 atom stereocenters. The fraction of sp³-hybridized carbons (Fsp3) is 0.0556. The molecule has 0 aliphatic heterocycles. The van der Waals surface area contributed by atoms with E-state index in [9.17, 15) is 9.59 Å². The van der Waals surface area contributed by atoms with Gasteiger partial charge in [0.1, 0.15) is 0 Å². The van der Waals surface area contributed by atoms with Gasteiger partial charge >= 0.3 is 11.8 Å². The van der Waals surface area contributed by atoms with E-state index in [2.05, 4.69) is 15.8 Å². The van der Waals surface area contributed by atoms with Gasteiger partial charge in [-0.25, -0.2) is 5.43 Å². The maximum Gasteiger partial charge on any atom is 0.329 e. The Morgan fingerprint density at radius 3 is 2.52 bits per heavy atom. The molecule has 5 nitrogen and oxygen atoms in total. The highest BCUT2D eigenvalue weighted by molar-refractivity contribution is 6.39. The number of hydrazone groups is 1. The number of hydrogen-bond acceptors (Lipinski definition) is 3. The third-order valence-corrected chi connectivity index (χ3v) is 2.90. The first-order chi connectivity index (χ1) is 11.1. The molecule has 0 heterocycles. The number of hydrogen-bond donors (Lipinski definition) is 2. The van der Waals surface area contributed by atoms with Gasteiger partial charge in [-0.3, -0.25) is 9.59 Å². The van der Waals surface area contributed by atoms with Crippen molar-refractivity contribution >= 4 is 29.8 Å². The minimum atomic E-state index is -0.823. The highest BCUT2D eigenvalue weighted by Crippen LogP contribution is 2.09. The van der Waals surface area contributed by atoms with Crippen molar-refractivity contribution < 1.29 is 9.59 Å². The Morgan fingerprint density at radius 2 is 1.78 bits per heavy atom. The molecular formula is C18H17N3O2. The van der Waals surface area contributed by atoms with Crippen molar-refractivity contribution in [1.82, 2.24) is 5.43 Å². The summed E-state index contributed by atoms with van der Waals surface area (Å²) in [5.74, 6) is -1.59. The van der Waals surface area contributed by atoms with Crippen LogP contribution < -0.4 is 10.7 Å². The van der Waals surface area contributed by atoms with Gasteiger partial charge in [0.25, 0.3) is 0 Å².